The monoisotopic (exact) mass is 283 g/mol. The van der Waals surface area contributed by atoms with Crippen LogP contribution in [0.5, 0.6) is 0 Å². The molecule has 0 atom stereocenters. The first kappa shape index (κ1) is 19.2. The number of hydrogen-bond acceptors (Lipinski definition) is 2. The van der Waals surface area contributed by atoms with Gasteiger partial charge in [-0.25, -0.2) is 0 Å². The van der Waals surface area contributed by atoms with E-state index in [9.17, 15) is 4.79 Å². The second-order valence-corrected chi connectivity index (χ2v) is 5.38. The Bertz CT molecular complexity index is 239. The van der Waals surface area contributed by atoms with Crippen LogP contribution in [0.2, 0.25) is 0 Å². The van der Waals surface area contributed by atoms with Gasteiger partial charge in [-0.1, -0.05) is 57.1 Å². The average molecular weight is 283 g/mol. The standard InChI is InChI=1S/C17H33NO2/c1-18-17(20)15-13-11-9-7-5-3-2-4-6-8-10-12-14-16-19/h9,11,19H,2-8,10,12-16H2,1H3,(H,18,20). The molecule has 1 amide bonds. The number of carbonyl (C=O) groups excluding carboxylic acids is 1. The first-order valence-corrected chi connectivity index (χ1v) is 8.27. The minimum absolute atomic E-state index is 0.119. The van der Waals surface area contributed by atoms with Crippen molar-refractivity contribution in [3.63, 3.8) is 0 Å². The molecule has 0 saturated carbocycles. The first-order chi connectivity index (χ1) is 9.81. The normalized spacial score (nSPS) is 11.1. The number of allylic oxidation sites excluding steroid dienone is 2. The number of carbonyl (C=O) groups is 1. The van der Waals surface area contributed by atoms with E-state index in [0.717, 1.165) is 19.3 Å². The fourth-order valence-electron chi connectivity index (χ4n) is 2.19. The molecule has 0 saturated heterocycles. The molecule has 0 aliphatic rings. The summed E-state index contributed by atoms with van der Waals surface area (Å²) in [6.07, 6.45) is 18.3. The predicted octanol–water partition coefficient (Wildman–Crippen LogP) is 3.96. The van der Waals surface area contributed by atoms with Crippen molar-refractivity contribution in [2.24, 2.45) is 0 Å². The Kier molecular flexibility index (Phi) is 15.6. The van der Waals surface area contributed by atoms with Crippen molar-refractivity contribution in [3.8, 4) is 0 Å². The molecule has 118 valence electrons. The number of aliphatic hydroxyl groups is 1. The Hall–Kier alpha value is -0.830. The van der Waals surface area contributed by atoms with Crippen molar-refractivity contribution in [3.05, 3.63) is 12.2 Å². The molecule has 20 heavy (non-hydrogen) atoms. The van der Waals surface area contributed by atoms with Gasteiger partial charge >= 0.3 is 0 Å². The van der Waals surface area contributed by atoms with E-state index in [1.54, 1.807) is 7.05 Å². The van der Waals surface area contributed by atoms with E-state index in [1.165, 1.54) is 51.4 Å². The lowest BCUT2D eigenvalue weighted by molar-refractivity contribution is -0.120. The van der Waals surface area contributed by atoms with Gasteiger partial charge in [-0.2, -0.15) is 0 Å². The largest absolute Gasteiger partial charge is 0.396 e. The smallest absolute Gasteiger partial charge is 0.220 e. The molecule has 0 unspecified atom stereocenters. The molecule has 0 heterocycles. The van der Waals surface area contributed by atoms with E-state index < -0.39 is 0 Å². The zero-order chi connectivity index (χ0) is 14.9. The quantitative estimate of drug-likeness (QED) is 0.374. The Labute approximate surface area is 124 Å². The fraction of sp³-hybridized carbons (Fsp3) is 0.824. The van der Waals surface area contributed by atoms with Crippen molar-refractivity contribution < 1.29 is 9.90 Å². The molecule has 0 radical (unpaired) electrons. The lowest BCUT2D eigenvalue weighted by Gasteiger charge is -2.01. The summed E-state index contributed by atoms with van der Waals surface area (Å²) in [4.78, 5) is 11.0. The Morgan fingerprint density at radius 2 is 1.35 bits per heavy atom. The van der Waals surface area contributed by atoms with Crippen molar-refractivity contribution in [1.82, 2.24) is 5.32 Å². The summed E-state index contributed by atoms with van der Waals surface area (Å²) >= 11 is 0. The van der Waals surface area contributed by atoms with Crippen LogP contribution in [-0.4, -0.2) is 24.7 Å². The van der Waals surface area contributed by atoms with Gasteiger partial charge in [0.25, 0.3) is 0 Å². The maximum atomic E-state index is 11.0. The van der Waals surface area contributed by atoms with E-state index in [2.05, 4.69) is 17.5 Å². The van der Waals surface area contributed by atoms with Gasteiger partial charge in [0.1, 0.15) is 0 Å². The van der Waals surface area contributed by atoms with Crippen LogP contribution < -0.4 is 5.32 Å². The van der Waals surface area contributed by atoms with E-state index in [-0.39, 0.29) is 5.91 Å². The summed E-state index contributed by atoms with van der Waals surface area (Å²) in [6.45, 7) is 0.344. The van der Waals surface area contributed by atoms with Crippen LogP contribution in [0.15, 0.2) is 12.2 Å². The fourth-order valence-corrected chi connectivity index (χ4v) is 2.19. The van der Waals surface area contributed by atoms with E-state index in [1.807, 2.05) is 0 Å². The van der Waals surface area contributed by atoms with Crippen LogP contribution in [0.4, 0.5) is 0 Å². The molecule has 0 bridgehead atoms. The molecule has 0 aliphatic heterocycles. The lowest BCUT2D eigenvalue weighted by Crippen LogP contribution is -2.16. The van der Waals surface area contributed by atoms with Crippen molar-refractivity contribution in [1.29, 1.82) is 0 Å². The zero-order valence-electron chi connectivity index (χ0n) is 13.2. The second-order valence-electron chi connectivity index (χ2n) is 5.38. The Balaban J connectivity index is 3.09. The number of aliphatic hydroxyl groups excluding tert-OH is 1. The van der Waals surface area contributed by atoms with E-state index >= 15 is 0 Å². The number of amides is 1. The van der Waals surface area contributed by atoms with Crippen LogP contribution in [0.3, 0.4) is 0 Å². The van der Waals surface area contributed by atoms with Gasteiger partial charge in [0.05, 0.1) is 0 Å². The highest BCUT2D eigenvalue weighted by atomic mass is 16.2. The maximum absolute atomic E-state index is 11.0. The first-order valence-electron chi connectivity index (χ1n) is 8.27. The lowest BCUT2D eigenvalue weighted by atomic mass is 10.1. The van der Waals surface area contributed by atoms with Crippen LogP contribution in [0.1, 0.15) is 77.0 Å². The van der Waals surface area contributed by atoms with Gasteiger partial charge < -0.3 is 10.4 Å². The third kappa shape index (κ3) is 15.2. The summed E-state index contributed by atoms with van der Waals surface area (Å²) in [5, 5.41) is 11.3. The van der Waals surface area contributed by atoms with Crippen molar-refractivity contribution in [2.75, 3.05) is 13.7 Å². The third-order valence-corrected chi connectivity index (χ3v) is 3.51. The molecule has 0 aromatic heterocycles. The zero-order valence-corrected chi connectivity index (χ0v) is 13.2. The van der Waals surface area contributed by atoms with Gasteiger partial charge in [0, 0.05) is 20.1 Å². The van der Waals surface area contributed by atoms with Gasteiger partial charge in [-0.05, 0) is 25.7 Å². The molecule has 3 nitrogen and oxygen atoms in total. The van der Waals surface area contributed by atoms with Gasteiger partial charge in [-0.3, -0.25) is 4.79 Å². The molecule has 0 fully saturated rings. The minimum Gasteiger partial charge on any atom is -0.396 e. The highest BCUT2D eigenvalue weighted by molar-refractivity contribution is 5.75. The molecule has 0 spiro atoms. The number of unbranched alkanes of at least 4 members (excludes halogenated alkanes) is 9. The van der Waals surface area contributed by atoms with Crippen LogP contribution in [0.25, 0.3) is 0 Å². The highest BCUT2D eigenvalue weighted by Gasteiger charge is 1.94. The average Bonchev–Trinajstić information content (AvgIpc) is 2.47. The van der Waals surface area contributed by atoms with Crippen LogP contribution in [-0.2, 0) is 4.79 Å². The Morgan fingerprint density at radius 3 is 1.90 bits per heavy atom. The molecule has 0 aliphatic carbocycles. The molecule has 2 N–H and O–H groups in total. The minimum atomic E-state index is 0.119. The molecular formula is C17H33NO2. The van der Waals surface area contributed by atoms with Gasteiger partial charge in [0.2, 0.25) is 5.91 Å². The van der Waals surface area contributed by atoms with Crippen LogP contribution >= 0.6 is 0 Å². The topological polar surface area (TPSA) is 49.3 Å². The second kappa shape index (κ2) is 16.2. The third-order valence-electron chi connectivity index (χ3n) is 3.51. The maximum Gasteiger partial charge on any atom is 0.220 e. The summed E-state index contributed by atoms with van der Waals surface area (Å²) in [6, 6.07) is 0. The molecule has 0 aromatic rings. The van der Waals surface area contributed by atoms with E-state index in [0.29, 0.717) is 13.0 Å². The molecule has 0 rings (SSSR count). The van der Waals surface area contributed by atoms with Crippen molar-refractivity contribution in [2.45, 2.75) is 77.0 Å². The van der Waals surface area contributed by atoms with Gasteiger partial charge in [0.15, 0.2) is 0 Å². The Morgan fingerprint density at radius 1 is 0.850 bits per heavy atom. The van der Waals surface area contributed by atoms with Crippen molar-refractivity contribution >= 4 is 5.91 Å². The molecule has 3 heteroatoms. The van der Waals surface area contributed by atoms with Gasteiger partial charge in [-0.15, -0.1) is 0 Å². The van der Waals surface area contributed by atoms with Crippen LogP contribution in [0, 0.1) is 0 Å². The summed E-state index contributed by atoms with van der Waals surface area (Å²) in [5.41, 5.74) is 0. The number of nitrogens with one attached hydrogen (secondary N) is 1. The number of rotatable bonds is 14. The highest BCUT2D eigenvalue weighted by Crippen LogP contribution is 2.10. The molecular weight excluding hydrogens is 250 g/mol. The number of hydrogen-bond donors (Lipinski definition) is 2. The predicted molar refractivity (Wildman–Crippen MR) is 85.7 cm³/mol. The summed E-state index contributed by atoms with van der Waals surface area (Å²) in [5.74, 6) is 0.119. The molecule has 0 aromatic carbocycles. The summed E-state index contributed by atoms with van der Waals surface area (Å²) < 4.78 is 0. The summed E-state index contributed by atoms with van der Waals surface area (Å²) in [7, 11) is 1.68. The SMILES string of the molecule is CNC(=O)CCC=CCCCCCCCCCCCO. The van der Waals surface area contributed by atoms with E-state index in [4.69, 9.17) is 5.11 Å².